The predicted octanol–water partition coefficient (Wildman–Crippen LogP) is 3.49. The third kappa shape index (κ3) is 4.85. The molecule has 1 amide bonds. The molecule has 6 heteroatoms. The fourth-order valence-corrected chi connectivity index (χ4v) is 4.47. The van der Waals surface area contributed by atoms with Crippen LogP contribution in [0.3, 0.4) is 0 Å². The number of imidazole rings is 1. The lowest BCUT2D eigenvalue weighted by Crippen LogP contribution is -2.37. The number of amides is 1. The first-order valence-electron chi connectivity index (χ1n) is 11.2. The normalized spacial score (nSPS) is 17.7. The molecule has 3 heterocycles. The Labute approximate surface area is 184 Å². The molecule has 0 N–H and O–H groups in total. The van der Waals surface area contributed by atoms with Crippen molar-refractivity contribution in [1.29, 1.82) is 0 Å². The number of pyridine rings is 1. The standard InChI is InChI=1S/C25H31N5O/c1-3-29-13-12-27-24(29)19-28-14-15-30(4-2)25(31)22(18-28)16-20-8-5-6-10-23(20)21-9-7-11-26-17-21/h5-13,17,22H,3-4,14-16,18-19H2,1-2H3/t22-/m0/s1. The van der Waals surface area contributed by atoms with Gasteiger partial charge in [-0.05, 0) is 37.5 Å². The summed E-state index contributed by atoms with van der Waals surface area (Å²) in [6, 6.07) is 12.4. The molecule has 0 aliphatic carbocycles. The van der Waals surface area contributed by atoms with Crippen molar-refractivity contribution in [3.8, 4) is 11.1 Å². The summed E-state index contributed by atoms with van der Waals surface area (Å²) in [5.41, 5.74) is 3.44. The number of rotatable bonds is 7. The maximum atomic E-state index is 13.4. The Bertz CT molecular complexity index is 1000. The molecule has 31 heavy (non-hydrogen) atoms. The Morgan fingerprint density at radius 3 is 2.68 bits per heavy atom. The average molecular weight is 418 g/mol. The van der Waals surface area contributed by atoms with Crippen LogP contribution in [0.5, 0.6) is 0 Å². The number of hydrogen-bond donors (Lipinski definition) is 0. The second kappa shape index (κ2) is 9.88. The van der Waals surface area contributed by atoms with E-state index in [1.807, 2.05) is 29.6 Å². The highest BCUT2D eigenvalue weighted by molar-refractivity contribution is 5.80. The van der Waals surface area contributed by atoms with E-state index < -0.39 is 0 Å². The van der Waals surface area contributed by atoms with E-state index >= 15 is 0 Å². The summed E-state index contributed by atoms with van der Waals surface area (Å²) < 4.78 is 2.18. The van der Waals surface area contributed by atoms with Crippen molar-refractivity contribution in [3.05, 3.63) is 72.6 Å². The summed E-state index contributed by atoms with van der Waals surface area (Å²) in [5, 5.41) is 0. The Balaban J connectivity index is 1.59. The predicted molar refractivity (Wildman–Crippen MR) is 122 cm³/mol. The summed E-state index contributed by atoms with van der Waals surface area (Å²) in [6.07, 6.45) is 8.29. The molecular weight excluding hydrogens is 386 g/mol. The maximum Gasteiger partial charge on any atom is 0.227 e. The number of nitrogens with zero attached hydrogens (tertiary/aromatic N) is 5. The highest BCUT2D eigenvalue weighted by Gasteiger charge is 2.30. The van der Waals surface area contributed by atoms with E-state index in [9.17, 15) is 4.79 Å². The van der Waals surface area contributed by atoms with Gasteiger partial charge in [0.25, 0.3) is 0 Å². The lowest BCUT2D eigenvalue weighted by Gasteiger charge is -2.24. The minimum absolute atomic E-state index is 0.0784. The van der Waals surface area contributed by atoms with Gasteiger partial charge >= 0.3 is 0 Å². The molecule has 1 aliphatic rings. The Kier molecular flexibility index (Phi) is 6.77. The number of aryl methyl sites for hydroxylation is 1. The van der Waals surface area contributed by atoms with E-state index in [-0.39, 0.29) is 11.8 Å². The van der Waals surface area contributed by atoms with Crippen LogP contribution in [-0.4, -0.2) is 56.4 Å². The van der Waals surface area contributed by atoms with Gasteiger partial charge in [-0.15, -0.1) is 0 Å². The van der Waals surface area contributed by atoms with Gasteiger partial charge in [0.15, 0.2) is 0 Å². The molecule has 2 aromatic heterocycles. The van der Waals surface area contributed by atoms with Crippen molar-refractivity contribution in [2.45, 2.75) is 33.4 Å². The van der Waals surface area contributed by atoms with Gasteiger partial charge < -0.3 is 9.47 Å². The van der Waals surface area contributed by atoms with Gasteiger partial charge in [0, 0.05) is 63.1 Å². The van der Waals surface area contributed by atoms with Gasteiger partial charge in [0.1, 0.15) is 5.82 Å². The molecule has 6 nitrogen and oxygen atoms in total. The van der Waals surface area contributed by atoms with Crippen molar-refractivity contribution < 1.29 is 4.79 Å². The number of benzene rings is 1. The van der Waals surface area contributed by atoms with Crippen molar-refractivity contribution >= 4 is 5.91 Å². The van der Waals surface area contributed by atoms with Gasteiger partial charge in [0.2, 0.25) is 5.91 Å². The summed E-state index contributed by atoms with van der Waals surface area (Å²) in [7, 11) is 0. The first-order valence-corrected chi connectivity index (χ1v) is 11.2. The topological polar surface area (TPSA) is 54.3 Å². The highest BCUT2D eigenvalue weighted by Crippen LogP contribution is 2.27. The Hall–Kier alpha value is -2.99. The second-order valence-corrected chi connectivity index (χ2v) is 8.08. The van der Waals surface area contributed by atoms with E-state index in [1.165, 1.54) is 5.56 Å². The number of carbonyl (C=O) groups excluding carboxylic acids is 1. The molecule has 162 valence electrons. The van der Waals surface area contributed by atoms with Gasteiger partial charge in [-0.25, -0.2) is 4.98 Å². The van der Waals surface area contributed by atoms with Gasteiger partial charge in [0.05, 0.1) is 12.5 Å². The number of hydrogen-bond acceptors (Lipinski definition) is 4. The second-order valence-electron chi connectivity index (χ2n) is 8.08. The van der Waals surface area contributed by atoms with Crippen LogP contribution in [0.1, 0.15) is 25.2 Å². The molecular formula is C25H31N5O. The summed E-state index contributed by atoms with van der Waals surface area (Å²) in [4.78, 5) is 26.6. The minimum Gasteiger partial charge on any atom is -0.341 e. The van der Waals surface area contributed by atoms with Crippen molar-refractivity contribution in [1.82, 2.24) is 24.3 Å². The SMILES string of the molecule is CCN1CCN(Cc2nccn2CC)C[C@H](Cc2ccccc2-c2cccnc2)C1=O. The molecule has 1 atom stereocenters. The molecule has 1 saturated heterocycles. The van der Waals surface area contributed by atoms with Crippen LogP contribution < -0.4 is 0 Å². The number of likely N-dealkylation sites (N-methyl/N-ethyl adjacent to an activating group) is 1. The summed E-state index contributed by atoms with van der Waals surface area (Å²) >= 11 is 0. The molecule has 0 bridgehead atoms. The number of aromatic nitrogens is 3. The molecule has 0 radical (unpaired) electrons. The molecule has 0 saturated carbocycles. The van der Waals surface area contributed by atoms with Crippen LogP contribution in [0.4, 0.5) is 0 Å². The zero-order valence-electron chi connectivity index (χ0n) is 18.4. The lowest BCUT2D eigenvalue weighted by molar-refractivity contribution is -0.134. The largest absolute Gasteiger partial charge is 0.341 e. The van der Waals surface area contributed by atoms with E-state index in [4.69, 9.17) is 0 Å². The van der Waals surface area contributed by atoms with Crippen molar-refractivity contribution in [2.75, 3.05) is 26.2 Å². The maximum absolute atomic E-state index is 13.4. The molecule has 1 aromatic carbocycles. The van der Waals surface area contributed by atoms with Crippen LogP contribution >= 0.6 is 0 Å². The van der Waals surface area contributed by atoms with E-state index in [1.54, 1.807) is 6.20 Å². The average Bonchev–Trinajstić information content (AvgIpc) is 3.20. The fraction of sp³-hybridized carbons (Fsp3) is 0.400. The highest BCUT2D eigenvalue weighted by atomic mass is 16.2. The number of carbonyl (C=O) groups is 1. The van der Waals surface area contributed by atoms with Crippen LogP contribution in [0.2, 0.25) is 0 Å². The Morgan fingerprint density at radius 1 is 1.03 bits per heavy atom. The first-order chi connectivity index (χ1) is 15.2. The lowest BCUT2D eigenvalue weighted by atomic mass is 9.91. The minimum atomic E-state index is -0.0784. The van der Waals surface area contributed by atoms with Crippen molar-refractivity contribution in [3.63, 3.8) is 0 Å². The molecule has 4 rings (SSSR count). The van der Waals surface area contributed by atoms with Crippen LogP contribution in [0.25, 0.3) is 11.1 Å². The molecule has 0 spiro atoms. The molecule has 1 fully saturated rings. The van der Waals surface area contributed by atoms with Crippen LogP contribution in [0, 0.1) is 5.92 Å². The molecule has 3 aromatic rings. The first kappa shape index (κ1) is 21.2. The quantitative estimate of drug-likeness (QED) is 0.591. The molecule has 1 aliphatic heterocycles. The van der Waals surface area contributed by atoms with Crippen LogP contribution in [0.15, 0.2) is 61.2 Å². The van der Waals surface area contributed by atoms with Crippen LogP contribution in [-0.2, 0) is 24.3 Å². The van der Waals surface area contributed by atoms with E-state index in [0.29, 0.717) is 0 Å². The van der Waals surface area contributed by atoms with Gasteiger partial charge in [-0.1, -0.05) is 30.3 Å². The van der Waals surface area contributed by atoms with E-state index in [0.717, 1.165) is 62.6 Å². The molecule has 0 unspecified atom stereocenters. The zero-order valence-corrected chi connectivity index (χ0v) is 18.4. The smallest absolute Gasteiger partial charge is 0.227 e. The summed E-state index contributed by atoms with van der Waals surface area (Å²) in [5.74, 6) is 1.24. The third-order valence-electron chi connectivity index (χ3n) is 6.17. The third-order valence-corrected chi connectivity index (χ3v) is 6.17. The van der Waals surface area contributed by atoms with Crippen molar-refractivity contribution in [2.24, 2.45) is 5.92 Å². The van der Waals surface area contributed by atoms with E-state index in [2.05, 4.69) is 63.6 Å². The monoisotopic (exact) mass is 417 g/mol. The zero-order chi connectivity index (χ0) is 21.6. The van der Waals surface area contributed by atoms with Gasteiger partial charge in [-0.3, -0.25) is 14.7 Å². The Morgan fingerprint density at radius 2 is 1.90 bits per heavy atom. The fourth-order valence-electron chi connectivity index (χ4n) is 4.47. The van der Waals surface area contributed by atoms with Gasteiger partial charge in [-0.2, -0.15) is 0 Å². The summed E-state index contributed by atoms with van der Waals surface area (Å²) in [6.45, 7) is 9.01.